The zero-order valence-corrected chi connectivity index (χ0v) is 13.6. The Morgan fingerprint density at radius 3 is 2.21 bits per heavy atom. The molecule has 2 heteroatoms. The van der Waals surface area contributed by atoms with Crippen molar-refractivity contribution in [2.24, 2.45) is 0 Å². The highest BCUT2D eigenvalue weighted by Crippen LogP contribution is 2.39. The molecule has 2 bridgehead atoms. The number of rotatable bonds is 3. The van der Waals surface area contributed by atoms with Crippen molar-refractivity contribution in [3.63, 3.8) is 0 Å². The van der Waals surface area contributed by atoms with Crippen LogP contribution in [0.3, 0.4) is 0 Å². The monoisotopic (exact) mass is 321 g/mol. The van der Waals surface area contributed by atoms with E-state index in [4.69, 9.17) is 0 Å². The Morgan fingerprint density at radius 2 is 1.68 bits per heavy atom. The van der Waals surface area contributed by atoms with Gasteiger partial charge in [0.25, 0.3) is 0 Å². The highest BCUT2D eigenvalue weighted by Gasteiger charge is 2.39. The minimum Gasteiger partial charge on any atom is -0.293 e. The molecule has 2 aliphatic heterocycles. The molecule has 2 fully saturated rings. The minimum atomic E-state index is 0.634. The molecular formula is C17H24BrN. The van der Waals surface area contributed by atoms with E-state index in [-0.39, 0.29) is 0 Å². The van der Waals surface area contributed by atoms with Crippen LogP contribution in [0, 0.1) is 0 Å². The fourth-order valence-electron chi connectivity index (χ4n) is 3.68. The molecule has 2 saturated heterocycles. The summed E-state index contributed by atoms with van der Waals surface area (Å²) in [6.45, 7) is 5.67. The fourth-order valence-corrected chi connectivity index (χ4v) is 4.55. The molecular weight excluding hydrogens is 298 g/mol. The van der Waals surface area contributed by atoms with Gasteiger partial charge in [0.05, 0.1) is 0 Å². The van der Waals surface area contributed by atoms with Gasteiger partial charge in [-0.05, 0) is 42.7 Å². The normalized spacial score (nSPS) is 31.1. The van der Waals surface area contributed by atoms with Gasteiger partial charge in [-0.15, -0.1) is 0 Å². The summed E-state index contributed by atoms with van der Waals surface area (Å²) in [6, 6.07) is 10.9. The number of benzene rings is 1. The van der Waals surface area contributed by atoms with Gasteiger partial charge < -0.3 is 0 Å². The van der Waals surface area contributed by atoms with Crippen LogP contribution in [-0.2, 0) is 6.54 Å². The fraction of sp³-hybridized carbons (Fsp3) is 0.647. The number of piperidine rings is 1. The molecule has 0 spiro atoms. The van der Waals surface area contributed by atoms with Gasteiger partial charge in [0.1, 0.15) is 0 Å². The Balaban J connectivity index is 1.68. The second-order valence-corrected chi connectivity index (χ2v) is 7.82. The van der Waals surface area contributed by atoms with Gasteiger partial charge in [-0.2, -0.15) is 0 Å². The summed E-state index contributed by atoms with van der Waals surface area (Å²) < 4.78 is 0. The van der Waals surface area contributed by atoms with E-state index in [9.17, 15) is 0 Å². The van der Waals surface area contributed by atoms with Gasteiger partial charge in [0.15, 0.2) is 0 Å². The number of hydrogen-bond acceptors (Lipinski definition) is 1. The molecule has 1 aromatic carbocycles. The van der Waals surface area contributed by atoms with Crippen LogP contribution >= 0.6 is 15.9 Å². The maximum Gasteiger partial charge on any atom is 0.0239 e. The van der Waals surface area contributed by atoms with E-state index >= 15 is 0 Å². The predicted octanol–water partition coefficient (Wildman–Crippen LogP) is 4.70. The first-order valence-corrected chi connectivity index (χ1v) is 8.53. The van der Waals surface area contributed by atoms with Crippen LogP contribution in [0.2, 0.25) is 0 Å². The lowest BCUT2D eigenvalue weighted by molar-refractivity contribution is 0.137. The SMILES string of the molecule is CC(C)c1ccc(CN2C3CCC2CC(Br)C3)cc1. The van der Waals surface area contributed by atoms with Gasteiger partial charge in [-0.3, -0.25) is 4.90 Å². The Kier molecular flexibility index (Phi) is 4.00. The maximum atomic E-state index is 3.82. The highest BCUT2D eigenvalue weighted by atomic mass is 79.9. The van der Waals surface area contributed by atoms with Crippen LogP contribution in [-0.4, -0.2) is 21.8 Å². The Hall–Kier alpha value is -0.340. The first kappa shape index (κ1) is 13.6. The molecule has 0 saturated carbocycles. The van der Waals surface area contributed by atoms with Crippen molar-refractivity contribution in [1.82, 2.24) is 4.90 Å². The van der Waals surface area contributed by atoms with Crippen LogP contribution in [0.1, 0.15) is 56.6 Å². The molecule has 0 N–H and O–H groups in total. The number of hydrogen-bond donors (Lipinski definition) is 0. The number of alkyl halides is 1. The van der Waals surface area contributed by atoms with Crippen LogP contribution in [0.15, 0.2) is 24.3 Å². The summed E-state index contributed by atoms with van der Waals surface area (Å²) in [7, 11) is 0. The summed E-state index contributed by atoms with van der Waals surface area (Å²) in [5.41, 5.74) is 2.93. The third kappa shape index (κ3) is 2.90. The van der Waals surface area contributed by atoms with Crippen molar-refractivity contribution in [2.75, 3.05) is 0 Å². The van der Waals surface area contributed by atoms with Crippen molar-refractivity contribution in [2.45, 2.75) is 68.9 Å². The minimum absolute atomic E-state index is 0.634. The third-order valence-electron chi connectivity index (χ3n) is 4.84. The largest absolute Gasteiger partial charge is 0.293 e. The van der Waals surface area contributed by atoms with Crippen LogP contribution in [0.4, 0.5) is 0 Å². The lowest BCUT2D eigenvalue weighted by atomic mass is 9.99. The first-order chi connectivity index (χ1) is 9.13. The van der Waals surface area contributed by atoms with Crippen molar-refractivity contribution < 1.29 is 0 Å². The van der Waals surface area contributed by atoms with Crippen molar-refractivity contribution in [3.8, 4) is 0 Å². The topological polar surface area (TPSA) is 3.24 Å². The third-order valence-corrected chi connectivity index (χ3v) is 5.59. The van der Waals surface area contributed by atoms with E-state index in [1.165, 1.54) is 36.8 Å². The Morgan fingerprint density at radius 1 is 1.11 bits per heavy atom. The molecule has 2 heterocycles. The quantitative estimate of drug-likeness (QED) is 0.729. The van der Waals surface area contributed by atoms with Gasteiger partial charge in [0.2, 0.25) is 0 Å². The average Bonchev–Trinajstić information content (AvgIpc) is 2.62. The van der Waals surface area contributed by atoms with Gasteiger partial charge in [0, 0.05) is 23.5 Å². The molecule has 0 radical (unpaired) electrons. The summed E-state index contributed by atoms with van der Waals surface area (Å²) in [5.74, 6) is 0.634. The van der Waals surface area contributed by atoms with Crippen molar-refractivity contribution >= 4 is 15.9 Å². The smallest absolute Gasteiger partial charge is 0.0239 e. The molecule has 2 unspecified atom stereocenters. The molecule has 1 nitrogen and oxygen atoms in total. The highest BCUT2D eigenvalue weighted by molar-refractivity contribution is 9.09. The predicted molar refractivity (Wildman–Crippen MR) is 84.8 cm³/mol. The van der Waals surface area contributed by atoms with Crippen molar-refractivity contribution in [3.05, 3.63) is 35.4 Å². The van der Waals surface area contributed by atoms with Gasteiger partial charge in [-0.1, -0.05) is 54.0 Å². The molecule has 3 rings (SSSR count). The van der Waals surface area contributed by atoms with Crippen LogP contribution in [0.5, 0.6) is 0 Å². The lowest BCUT2D eigenvalue weighted by Gasteiger charge is -2.37. The van der Waals surface area contributed by atoms with E-state index in [0.717, 1.165) is 23.5 Å². The van der Waals surface area contributed by atoms with E-state index in [1.54, 1.807) is 0 Å². The number of fused-ring (bicyclic) bond motifs is 2. The Labute approximate surface area is 125 Å². The number of halogens is 1. The zero-order valence-electron chi connectivity index (χ0n) is 12.0. The van der Waals surface area contributed by atoms with E-state index < -0.39 is 0 Å². The summed E-state index contributed by atoms with van der Waals surface area (Å²) in [5, 5.41) is 0. The maximum absolute atomic E-state index is 3.82. The lowest BCUT2D eigenvalue weighted by Crippen LogP contribution is -2.42. The molecule has 104 valence electrons. The van der Waals surface area contributed by atoms with Crippen molar-refractivity contribution in [1.29, 1.82) is 0 Å². The molecule has 0 aliphatic carbocycles. The van der Waals surface area contributed by atoms with Gasteiger partial charge in [-0.25, -0.2) is 0 Å². The van der Waals surface area contributed by atoms with E-state index in [0.29, 0.717) is 5.92 Å². The van der Waals surface area contributed by atoms with Crippen LogP contribution in [0.25, 0.3) is 0 Å². The summed E-state index contributed by atoms with van der Waals surface area (Å²) in [6.07, 6.45) is 5.47. The molecule has 0 aromatic heterocycles. The second kappa shape index (κ2) is 5.57. The molecule has 0 amide bonds. The summed E-state index contributed by atoms with van der Waals surface area (Å²) >= 11 is 3.82. The Bertz CT molecular complexity index is 411. The molecule has 19 heavy (non-hydrogen) atoms. The zero-order chi connectivity index (χ0) is 13.4. The molecule has 1 aromatic rings. The van der Waals surface area contributed by atoms with Gasteiger partial charge >= 0.3 is 0 Å². The van der Waals surface area contributed by atoms with Crippen LogP contribution < -0.4 is 0 Å². The van der Waals surface area contributed by atoms with E-state index in [1.807, 2.05) is 0 Å². The first-order valence-electron chi connectivity index (χ1n) is 7.62. The summed E-state index contributed by atoms with van der Waals surface area (Å²) in [4.78, 5) is 3.51. The number of nitrogens with zero attached hydrogens (tertiary/aromatic N) is 1. The van der Waals surface area contributed by atoms with E-state index in [2.05, 4.69) is 58.9 Å². The standard InChI is InChI=1S/C17H24BrN/c1-12(2)14-5-3-13(4-6-14)11-19-16-7-8-17(19)10-15(18)9-16/h3-6,12,15-17H,7-11H2,1-2H3. The molecule has 2 aliphatic rings. The second-order valence-electron chi connectivity index (χ2n) is 6.52. The molecule has 2 atom stereocenters. The average molecular weight is 322 g/mol.